The topological polar surface area (TPSA) is 118 Å². The van der Waals surface area contributed by atoms with Crippen LogP contribution in [-0.2, 0) is 25.5 Å². The first-order chi connectivity index (χ1) is 12.4. The molecule has 4 amide bonds. The van der Waals surface area contributed by atoms with Gasteiger partial charge in [-0.15, -0.1) is 11.3 Å². The molecule has 2 heterocycles. The summed E-state index contributed by atoms with van der Waals surface area (Å²) in [4.78, 5) is 53.3. The molecule has 0 radical (unpaired) electrons. The first kappa shape index (κ1) is 18.3. The minimum absolute atomic E-state index is 0.0236. The number of hydrogen-bond acceptors (Lipinski definition) is 7. The van der Waals surface area contributed by atoms with E-state index in [0.29, 0.717) is 30.3 Å². The minimum Gasteiger partial charge on any atom is -0.466 e. The number of nitrogens with zero attached hydrogens (tertiary/aromatic N) is 2. The molecule has 1 aliphatic heterocycles. The number of imide groups is 1. The molecule has 9 nitrogen and oxygen atoms in total. The molecule has 140 valence electrons. The number of urea groups is 1. The van der Waals surface area contributed by atoms with E-state index >= 15 is 0 Å². The lowest BCUT2D eigenvalue weighted by atomic mass is 9.98. The number of amides is 4. The fourth-order valence-electron chi connectivity index (χ4n) is 3.25. The van der Waals surface area contributed by atoms with Gasteiger partial charge in [-0.05, 0) is 19.8 Å². The van der Waals surface area contributed by atoms with E-state index in [1.54, 1.807) is 12.3 Å². The number of carbonyl (C=O) groups is 4. The van der Waals surface area contributed by atoms with E-state index in [9.17, 15) is 19.2 Å². The van der Waals surface area contributed by atoms with Gasteiger partial charge in [0.1, 0.15) is 12.1 Å². The quantitative estimate of drug-likeness (QED) is 0.563. The number of esters is 1. The zero-order valence-electron chi connectivity index (χ0n) is 14.4. The summed E-state index contributed by atoms with van der Waals surface area (Å²) in [6, 6.07) is -0.533. The summed E-state index contributed by atoms with van der Waals surface area (Å²) in [6.45, 7) is 1.65. The molecule has 1 aromatic heterocycles. The van der Waals surface area contributed by atoms with Gasteiger partial charge in [-0.2, -0.15) is 0 Å². The molecule has 0 bridgehead atoms. The van der Waals surface area contributed by atoms with E-state index in [4.69, 9.17) is 4.74 Å². The average Bonchev–Trinajstić information content (AvgIpc) is 3.27. The monoisotopic (exact) mass is 380 g/mol. The maximum Gasteiger partial charge on any atom is 0.325 e. The molecule has 3 rings (SSSR count). The fourth-order valence-corrected chi connectivity index (χ4v) is 3.97. The summed E-state index contributed by atoms with van der Waals surface area (Å²) < 4.78 is 4.84. The smallest absolute Gasteiger partial charge is 0.325 e. The summed E-state index contributed by atoms with van der Waals surface area (Å²) in [7, 11) is 0. The Morgan fingerprint density at radius 1 is 1.38 bits per heavy atom. The van der Waals surface area contributed by atoms with Gasteiger partial charge >= 0.3 is 12.0 Å². The van der Waals surface area contributed by atoms with Crippen molar-refractivity contribution >= 4 is 40.3 Å². The third-order valence-corrected chi connectivity index (χ3v) is 5.24. The molecule has 2 fully saturated rings. The Balaban J connectivity index is 1.56. The van der Waals surface area contributed by atoms with Gasteiger partial charge < -0.3 is 15.4 Å². The SMILES string of the molecule is CCOC(=O)Cc1csc(NC(=O)CN2C(=O)NC3(CCCC3)C2=O)n1. The third kappa shape index (κ3) is 3.69. The van der Waals surface area contributed by atoms with E-state index in [0.717, 1.165) is 29.1 Å². The lowest BCUT2D eigenvalue weighted by molar-refractivity contribution is -0.142. The first-order valence-electron chi connectivity index (χ1n) is 8.47. The summed E-state index contributed by atoms with van der Waals surface area (Å²) in [5, 5.41) is 7.24. The Morgan fingerprint density at radius 2 is 2.12 bits per heavy atom. The van der Waals surface area contributed by atoms with Crippen LogP contribution in [0.4, 0.5) is 9.93 Å². The highest BCUT2D eigenvalue weighted by molar-refractivity contribution is 7.13. The molecule has 2 aliphatic rings. The van der Waals surface area contributed by atoms with Crippen molar-refractivity contribution in [2.45, 2.75) is 44.6 Å². The van der Waals surface area contributed by atoms with Crippen LogP contribution >= 0.6 is 11.3 Å². The lowest BCUT2D eigenvalue weighted by Gasteiger charge is -2.19. The maximum atomic E-state index is 12.5. The molecule has 1 spiro atoms. The molecule has 2 N–H and O–H groups in total. The van der Waals surface area contributed by atoms with E-state index in [2.05, 4.69) is 15.6 Å². The van der Waals surface area contributed by atoms with Crippen molar-refractivity contribution in [3.8, 4) is 0 Å². The molecule has 0 atom stereocenters. The summed E-state index contributed by atoms with van der Waals surface area (Å²) in [5.41, 5.74) is -0.339. The van der Waals surface area contributed by atoms with Crippen molar-refractivity contribution in [3.63, 3.8) is 0 Å². The van der Waals surface area contributed by atoms with Crippen LogP contribution in [0, 0.1) is 0 Å². The summed E-state index contributed by atoms with van der Waals surface area (Å²) in [6.07, 6.45) is 3.01. The number of rotatable bonds is 6. The molecular formula is C16H20N4O5S. The van der Waals surface area contributed by atoms with Crippen LogP contribution in [0.5, 0.6) is 0 Å². The highest BCUT2D eigenvalue weighted by atomic mass is 32.1. The van der Waals surface area contributed by atoms with Crippen molar-refractivity contribution in [1.29, 1.82) is 0 Å². The van der Waals surface area contributed by atoms with Gasteiger partial charge in [0.25, 0.3) is 5.91 Å². The normalized spacial score (nSPS) is 18.3. The van der Waals surface area contributed by atoms with Crippen LogP contribution in [-0.4, -0.2) is 52.4 Å². The van der Waals surface area contributed by atoms with Crippen LogP contribution in [0.3, 0.4) is 0 Å². The second-order valence-electron chi connectivity index (χ2n) is 6.28. The van der Waals surface area contributed by atoms with Crippen LogP contribution in [0.15, 0.2) is 5.38 Å². The van der Waals surface area contributed by atoms with Gasteiger partial charge in [0, 0.05) is 5.38 Å². The van der Waals surface area contributed by atoms with Gasteiger partial charge in [0.2, 0.25) is 5.91 Å². The van der Waals surface area contributed by atoms with E-state index < -0.39 is 23.4 Å². The lowest BCUT2D eigenvalue weighted by Crippen LogP contribution is -2.44. The van der Waals surface area contributed by atoms with E-state index in [-0.39, 0.29) is 18.9 Å². The standard InChI is InChI=1S/C16H20N4O5S/c1-2-25-12(22)7-10-9-26-14(17-10)18-11(21)8-20-13(23)16(19-15(20)24)5-3-4-6-16/h9H,2-8H2,1H3,(H,19,24)(H,17,18,21). The maximum absolute atomic E-state index is 12.5. The Hall–Kier alpha value is -2.49. The van der Waals surface area contributed by atoms with Crippen LogP contribution in [0.2, 0.25) is 0 Å². The van der Waals surface area contributed by atoms with Crippen molar-refractivity contribution in [3.05, 3.63) is 11.1 Å². The molecule has 1 aliphatic carbocycles. The van der Waals surface area contributed by atoms with Gasteiger partial charge in [-0.3, -0.25) is 19.3 Å². The van der Waals surface area contributed by atoms with Crippen LogP contribution < -0.4 is 10.6 Å². The fraction of sp³-hybridized carbons (Fsp3) is 0.562. The van der Waals surface area contributed by atoms with Gasteiger partial charge in [0.15, 0.2) is 5.13 Å². The summed E-state index contributed by atoms with van der Waals surface area (Å²) in [5.74, 6) is -1.24. The number of anilines is 1. The molecule has 1 aromatic rings. The molecular weight excluding hydrogens is 360 g/mol. The molecule has 0 unspecified atom stereocenters. The number of thiazole rings is 1. The van der Waals surface area contributed by atoms with Crippen LogP contribution in [0.25, 0.3) is 0 Å². The van der Waals surface area contributed by atoms with Gasteiger partial charge in [-0.1, -0.05) is 12.8 Å². The third-order valence-electron chi connectivity index (χ3n) is 4.43. The number of carbonyl (C=O) groups excluding carboxylic acids is 4. The highest BCUT2D eigenvalue weighted by Gasteiger charge is 2.52. The number of nitrogens with one attached hydrogen (secondary N) is 2. The summed E-state index contributed by atoms with van der Waals surface area (Å²) >= 11 is 1.16. The van der Waals surface area contributed by atoms with Gasteiger partial charge in [0.05, 0.1) is 18.7 Å². The average molecular weight is 380 g/mol. The zero-order chi connectivity index (χ0) is 18.7. The van der Waals surface area contributed by atoms with Crippen LogP contribution in [0.1, 0.15) is 38.3 Å². The zero-order valence-corrected chi connectivity index (χ0v) is 15.2. The Bertz CT molecular complexity index is 741. The second-order valence-corrected chi connectivity index (χ2v) is 7.14. The van der Waals surface area contributed by atoms with Crippen molar-refractivity contribution in [2.24, 2.45) is 0 Å². The second kappa shape index (κ2) is 7.40. The minimum atomic E-state index is -0.828. The van der Waals surface area contributed by atoms with Crippen molar-refractivity contribution < 1.29 is 23.9 Å². The number of aromatic nitrogens is 1. The first-order valence-corrected chi connectivity index (χ1v) is 9.35. The predicted molar refractivity (Wildman–Crippen MR) is 92.5 cm³/mol. The molecule has 1 saturated heterocycles. The van der Waals surface area contributed by atoms with E-state index in [1.807, 2.05) is 0 Å². The molecule has 0 aromatic carbocycles. The Labute approximate surface area is 154 Å². The molecule has 10 heteroatoms. The number of ether oxygens (including phenoxy) is 1. The highest BCUT2D eigenvalue weighted by Crippen LogP contribution is 2.34. The van der Waals surface area contributed by atoms with Gasteiger partial charge in [-0.25, -0.2) is 9.78 Å². The Morgan fingerprint density at radius 3 is 2.81 bits per heavy atom. The predicted octanol–water partition coefficient (Wildman–Crippen LogP) is 1.05. The molecule has 1 saturated carbocycles. The largest absolute Gasteiger partial charge is 0.466 e. The molecule has 26 heavy (non-hydrogen) atoms. The van der Waals surface area contributed by atoms with E-state index in [1.165, 1.54) is 0 Å². The van der Waals surface area contributed by atoms with Crippen molar-refractivity contribution in [2.75, 3.05) is 18.5 Å². The van der Waals surface area contributed by atoms with Crippen molar-refractivity contribution in [1.82, 2.24) is 15.2 Å². The Kier molecular flexibility index (Phi) is 5.21. The number of hydrogen-bond donors (Lipinski definition) is 2.